The van der Waals surface area contributed by atoms with Crippen molar-refractivity contribution in [1.29, 1.82) is 0 Å². The van der Waals surface area contributed by atoms with E-state index in [4.69, 9.17) is 14.8 Å². The quantitative estimate of drug-likeness (QED) is 0.312. The Kier molecular flexibility index (Phi) is 8.47. The number of benzene rings is 2. The van der Waals surface area contributed by atoms with Gasteiger partial charge in [-0.05, 0) is 49.2 Å². The lowest BCUT2D eigenvalue weighted by Gasteiger charge is -2.34. The number of anilines is 3. The molecule has 2 aromatic heterocycles. The predicted molar refractivity (Wildman–Crippen MR) is 175 cm³/mol. The molecule has 234 valence electrons. The molecular weight excluding hydrogens is 566 g/mol. The van der Waals surface area contributed by atoms with E-state index in [9.17, 15) is 4.79 Å². The third-order valence-electron chi connectivity index (χ3n) is 9.12. The molecule has 2 aromatic carbocycles. The monoisotopic (exact) mass is 607 g/mol. The van der Waals surface area contributed by atoms with Crippen LogP contribution in [0.5, 0.6) is 0 Å². The Labute approximate surface area is 264 Å². The van der Waals surface area contributed by atoms with Gasteiger partial charge < -0.3 is 25.2 Å². The van der Waals surface area contributed by atoms with Crippen LogP contribution in [-0.4, -0.2) is 102 Å². The molecule has 1 atom stereocenters. The Bertz CT molecular complexity index is 1640. The molecule has 3 aliphatic rings. The maximum atomic E-state index is 13.9. The average Bonchev–Trinajstić information content (AvgIpc) is 3.42. The summed E-state index contributed by atoms with van der Waals surface area (Å²) in [5.41, 5.74) is 7.37. The summed E-state index contributed by atoms with van der Waals surface area (Å²) in [5, 5.41) is 11.5. The summed E-state index contributed by atoms with van der Waals surface area (Å²) in [6.07, 6.45) is 3.36. The Morgan fingerprint density at radius 1 is 0.956 bits per heavy atom. The summed E-state index contributed by atoms with van der Waals surface area (Å²) in [6.45, 7) is 7.97. The van der Waals surface area contributed by atoms with Crippen molar-refractivity contribution in [2.45, 2.75) is 18.9 Å². The minimum atomic E-state index is -0.162. The molecule has 4 aromatic rings. The molecule has 1 amide bonds. The lowest BCUT2D eigenvalue weighted by Crippen LogP contribution is -2.44. The number of rotatable bonds is 8. The van der Waals surface area contributed by atoms with Crippen LogP contribution in [0, 0.1) is 0 Å². The number of hydrogen-bond acceptors (Lipinski definition) is 9. The molecule has 0 spiro atoms. The van der Waals surface area contributed by atoms with Crippen LogP contribution in [0.3, 0.4) is 0 Å². The van der Waals surface area contributed by atoms with Crippen LogP contribution in [0.1, 0.15) is 33.2 Å². The molecule has 0 radical (unpaired) electrons. The number of morpholine rings is 1. The van der Waals surface area contributed by atoms with Crippen molar-refractivity contribution in [1.82, 2.24) is 34.9 Å². The van der Waals surface area contributed by atoms with E-state index in [2.05, 4.69) is 67.7 Å². The topological polar surface area (TPSA) is 104 Å². The second kappa shape index (κ2) is 13.0. The standard InChI is InChI=1S/C34H41N9O2/c1-40-13-15-43(16-14-40)27-10-6-9-26(21-27)36-34-35-22-25-11-12-28-31(39-41(2)32(28)30(25)38-34)33(44)37-29(24-7-4-3-5-8-24)23-42-17-19-45-20-18-42/h3-10,21-22,29H,11-20,23H2,1-2H3,(H,37,44)(H,35,36,38)/t29-/m1/s1. The largest absolute Gasteiger partial charge is 0.379 e. The predicted octanol–water partition coefficient (Wildman–Crippen LogP) is 3.27. The van der Waals surface area contributed by atoms with Crippen molar-refractivity contribution in [3.8, 4) is 11.4 Å². The first-order chi connectivity index (χ1) is 22.0. The highest BCUT2D eigenvalue weighted by molar-refractivity contribution is 5.96. The number of ether oxygens (including phenoxy) is 1. The van der Waals surface area contributed by atoms with Gasteiger partial charge in [0.05, 0.1) is 30.6 Å². The minimum absolute atomic E-state index is 0.162. The van der Waals surface area contributed by atoms with Crippen molar-refractivity contribution >= 4 is 23.2 Å². The lowest BCUT2D eigenvalue weighted by molar-refractivity contribution is 0.0332. The number of carbonyl (C=O) groups is 1. The van der Waals surface area contributed by atoms with Crippen LogP contribution in [0.15, 0.2) is 60.8 Å². The third-order valence-corrected chi connectivity index (χ3v) is 9.12. The molecule has 0 bridgehead atoms. The van der Waals surface area contributed by atoms with Gasteiger partial charge in [0.1, 0.15) is 0 Å². The van der Waals surface area contributed by atoms with Gasteiger partial charge in [-0.3, -0.25) is 14.4 Å². The van der Waals surface area contributed by atoms with Crippen molar-refractivity contribution in [2.75, 3.05) is 76.3 Å². The number of nitrogens with one attached hydrogen (secondary N) is 2. The fourth-order valence-corrected chi connectivity index (χ4v) is 6.56. The smallest absolute Gasteiger partial charge is 0.272 e. The number of hydrogen-bond donors (Lipinski definition) is 2. The SMILES string of the molecule is CN1CCN(c2cccc(Nc3ncc4c(n3)-c3c(c(C(=O)N[C@H](CN5CCOCC5)c5ccccc5)nn3C)CC4)c2)CC1. The van der Waals surface area contributed by atoms with Gasteiger partial charge in [-0.15, -0.1) is 0 Å². The molecule has 11 heteroatoms. The molecule has 2 aliphatic heterocycles. The second-order valence-electron chi connectivity index (χ2n) is 12.2. The number of aryl methyl sites for hydroxylation is 2. The molecule has 0 saturated carbocycles. The maximum Gasteiger partial charge on any atom is 0.272 e. The number of aromatic nitrogens is 4. The van der Waals surface area contributed by atoms with Gasteiger partial charge in [-0.2, -0.15) is 5.10 Å². The number of nitrogens with zero attached hydrogens (tertiary/aromatic N) is 7. The zero-order chi connectivity index (χ0) is 30.8. The summed E-state index contributed by atoms with van der Waals surface area (Å²) in [4.78, 5) is 30.6. The summed E-state index contributed by atoms with van der Waals surface area (Å²) in [5.74, 6) is 0.365. The van der Waals surface area contributed by atoms with Gasteiger partial charge in [-0.25, -0.2) is 9.97 Å². The molecular formula is C34H41N9O2. The number of likely N-dealkylation sites (N-methyl/N-ethyl adjacent to an activating group) is 1. The minimum Gasteiger partial charge on any atom is -0.379 e. The zero-order valence-electron chi connectivity index (χ0n) is 26.1. The normalized spacial score (nSPS) is 17.8. The van der Waals surface area contributed by atoms with Crippen LogP contribution < -0.4 is 15.5 Å². The second-order valence-corrected chi connectivity index (χ2v) is 12.2. The Morgan fingerprint density at radius 2 is 1.76 bits per heavy atom. The summed E-state index contributed by atoms with van der Waals surface area (Å²) in [7, 11) is 4.06. The summed E-state index contributed by atoms with van der Waals surface area (Å²) in [6, 6.07) is 18.4. The van der Waals surface area contributed by atoms with E-state index < -0.39 is 0 Å². The maximum absolute atomic E-state index is 13.9. The zero-order valence-corrected chi connectivity index (χ0v) is 26.1. The average molecular weight is 608 g/mol. The van der Waals surface area contributed by atoms with Gasteiger partial charge in [0, 0.05) is 76.0 Å². The van der Waals surface area contributed by atoms with E-state index in [1.165, 1.54) is 5.69 Å². The Morgan fingerprint density at radius 3 is 2.56 bits per heavy atom. The molecule has 2 saturated heterocycles. The van der Waals surface area contributed by atoms with E-state index >= 15 is 0 Å². The van der Waals surface area contributed by atoms with Gasteiger partial charge >= 0.3 is 0 Å². The van der Waals surface area contributed by atoms with E-state index in [-0.39, 0.29) is 11.9 Å². The highest BCUT2D eigenvalue weighted by Crippen LogP contribution is 2.35. The molecule has 2 N–H and O–H groups in total. The fraction of sp³-hybridized carbons (Fsp3) is 0.412. The number of piperazine rings is 1. The van der Waals surface area contributed by atoms with Crippen molar-refractivity contribution in [2.24, 2.45) is 7.05 Å². The van der Waals surface area contributed by atoms with E-state index in [1.807, 2.05) is 37.5 Å². The first-order valence-electron chi connectivity index (χ1n) is 15.9. The molecule has 11 nitrogen and oxygen atoms in total. The summed E-state index contributed by atoms with van der Waals surface area (Å²) >= 11 is 0. The Balaban J connectivity index is 1.12. The van der Waals surface area contributed by atoms with Crippen LogP contribution >= 0.6 is 0 Å². The van der Waals surface area contributed by atoms with Gasteiger partial charge in [0.2, 0.25) is 5.95 Å². The molecule has 0 unspecified atom stereocenters. The van der Waals surface area contributed by atoms with E-state index in [1.54, 1.807) is 4.68 Å². The van der Waals surface area contributed by atoms with Crippen molar-refractivity contribution < 1.29 is 9.53 Å². The van der Waals surface area contributed by atoms with Crippen molar-refractivity contribution in [3.05, 3.63) is 83.2 Å². The van der Waals surface area contributed by atoms with E-state index in [0.717, 1.165) is 86.0 Å². The molecule has 7 rings (SSSR count). The van der Waals surface area contributed by atoms with Gasteiger partial charge in [-0.1, -0.05) is 36.4 Å². The van der Waals surface area contributed by atoms with E-state index in [0.29, 0.717) is 31.3 Å². The van der Waals surface area contributed by atoms with Crippen LogP contribution in [0.25, 0.3) is 11.4 Å². The number of fused-ring (bicyclic) bond motifs is 3. The molecule has 1 aliphatic carbocycles. The Hall–Kier alpha value is -4.32. The highest BCUT2D eigenvalue weighted by atomic mass is 16.5. The van der Waals surface area contributed by atoms with Gasteiger partial charge in [0.15, 0.2) is 5.69 Å². The third kappa shape index (κ3) is 6.42. The van der Waals surface area contributed by atoms with Crippen LogP contribution in [0.2, 0.25) is 0 Å². The first-order valence-corrected chi connectivity index (χ1v) is 15.9. The first kappa shape index (κ1) is 29.4. The lowest BCUT2D eigenvalue weighted by atomic mass is 9.93. The van der Waals surface area contributed by atoms with Crippen LogP contribution in [-0.2, 0) is 24.6 Å². The summed E-state index contributed by atoms with van der Waals surface area (Å²) < 4.78 is 7.34. The number of amides is 1. The van der Waals surface area contributed by atoms with Gasteiger partial charge in [0.25, 0.3) is 5.91 Å². The molecule has 4 heterocycles. The van der Waals surface area contributed by atoms with Crippen LogP contribution in [0.4, 0.5) is 17.3 Å². The molecule has 2 fully saturated rings. The van der Waals surface area contributed by atoms with Crippen molar-refractivity contribution in [3.63, 3.8) is 0 Å². The number of carbonyl (C=O) groups excluding carboxylic acids is 1. The fourth-order valence-electron chi connectivity index (χ4n) is 6.56. The highest BCUT2D eigenvalue weighted by Gasteiger charge is 2.30. The molecule has 45 heavy (non-hydrogen) atoms.